The maximum Gasteiger partial charge on any atom is 0.418 e. The molecule has 12 heteroatoms. The molecule has 0 atom stereocenters. The van der Waals surface area contributed by atoms with Crippen molar-refractivity contribution in [1.29, 1.82) is 0 Å². The van der Waals surface area contributed by atoms with Crippen LogP contribution >= 0.6 is 0 Å². The fourth-order valence-corrected chi connectivity index (χ4v) is 2.25. The molecule has 1 amide bonds. The summed E-state index contributed by atoms with van der Waals surface area (Å²) in [6, 6.07) is 4.18. The first-order valence-electron chi connectivity index (χ1n) is 6.98. The Kier molecular flexibility index (Phi) is 5.23. The van der Waals surface area contributed by atoms with Crippen molar-refractivity contribution in [3.05, 3.63) is 51.3 Å². The minimum atomic E-state index is -4.72. The van der Waals surface area contributed by atoms with Crippen LogP contribution in [0.15, 0.2) is 24.3 Å². The van der Waals surface area contributed by atoms with E-state index in [1.165, 1.54) is 6.07 Å². The summed E-state index contributed by atoms with van der Waals surface area (Å²) in [5, 5.41) is 16.2. The minimum absolute atomic E-state index is 0.315. The topological polar surface area (TPSA) is 90.1 Å². The molecule has 140 valence electrons. The smallest absolute Gasteiger partial charge is 0.324 e. The standard InChI is InChI=1S/C14H11F5N4O3/c1-7-12(23(25)26)11(13(15)16)21-22(7)6-10(24)20-9-5-3-2-4-8(9)14(17,18)19/h2-5,13H,6H2,1H3,(H,20,24). The molecule has 2 aromatic rings. The van der Waals surface area contributed by atoms with Gasteiger partial charge in [-0.2, -0.15) is 18.3 Å². The number of benzene rings is 1. The van der Waals surface area contributed by atoms with E-state index in [9.17, 15) is 36.9 Å². The van der Waals surface area contributed by atoms with Gasteiger partial charge in [-0.1, -0.05) is 12.1 Å². The number of nitrogens with one attached hydrogen (secondary N) is 1. The summed E-state index contributed by atoms with van der Waals surface area (Å²) in [5.74, 6) is -1.01. The number of nitro groups is 1. The van der Waals surface area contributed by atoms with Gasteiger partial charge in [0.25, 0.3) is 6.43 Å². The third-order valence-electron chi connectivity index (χ3n) is 3.39. The van der Waals surface area contributed by atoms with E-state index in [4.69, 9.17) is 0 Å². The van der Waals surface area contributed by atoms with Crippen LogP contribution in [-0.4, -0.2) is 20.6 Å². The number of carbonyl (C=O) groups excluding carboxylic acids is 1. The van der Waals surface area contributed by atoms with E-state index in [0.717, 1.165) is 25.1 Å². The second-order valence-electron chi connectivity index (χ2n) is 5.13. The molecule has 1 N–H and O–H groups in total. The Morgan fingerprint density at radius 2 is 1.96 bits per heavy atom. The third-order valence-corrected chi connectivity index (χ3v) is 3.39. The van der Waals surface area contributed by atoms with E-state index in [2.05, 4.69) is 5.10 Å². The second-order valence-corrected chi connectivity index (χ2v) is 5.13. The zero-order chi connectivity index (χ0) is 19.6. The van der Waals surface area contributed by atoms with Crippen molar-refractivity contribution < 1.29 is 31.7 Å². The van der Waals surface area contributed by atoms with Crippen molar-refractivity contribution in [2.45, 2.75) is 26.1 Å². The van der Waals surface area contributed by atoms with E-state index in [1.54, 1.807) is 0 Å². The zero-order valence-electron chi connectivity index (χ0n) is 13.1. The Balaban J connectivity index is 2.27. The number of carbonyl (C=O) groups is 1. The quantitative estimate of drug-likeness (QED) is 0.488. The number of hydrogen-bond donors (Lipinski definition) is 1. The molecular weight excluding hydrogens is 367 g/mol. The molecule has 7 nitrogen and oxygen atoms in total. The van der Waals surface area contributed by atoms with Crippen LogP contribution in [-0.2, 0) is 17.5 Å². The fourth-order valence-electron chi connectivity index (χ4n) is 2.25. The number of para-hydroxylation sites is 1. The Labute approximate surface area is 142 Å². The van der Waals surface area contributed by atoms with E-state index in [1.807, 2.05) is 5.32 Å². The van der Waals surface area contributed by atoms with Crippen molar-refractivity contribution in [2.24, 2.45) is 0 Å². The molecule has 0 aliphatic carbocycles. The molecule has 0 fully saturated rings. The predicted octanol–water partition coefficient (Wildman–Crippen LogP) is 3.69. The van der Waals surface area contributed by atoms with Crippen molar-refractivity contribution in [1.82, 2.24) is 9.78 Å². The lowest BCUT2D eigenvalue weighted by Gasteiger charge is -2.13. The highest BCUT2D eigenvalue weighted by Gasteiger charge is 2.34. The van der Waals surface area contributed by atoms with Crippen LogP contribution in [0.5, 0.6) is 0 Å². The molecule has 0 spiro atoms. The Morgan fingerprint density at radius 1 is 1.35 bits per heavy atom. The van der Waals surface area contributed by atoms with E-state index >= 15 is 0 Å². The number of halogens is 5. The summed E-state index contributed by atoms with van der Waals surface area (Å²) < 4.78 is 65.0. The first-order valence-corrected chi connectivity index (χ1v) is 6.98. The van der Waals surface area contributed by atoms with Gasteiger partial charge in [0.1, 0.15) is 12.2 Å². The lowest BCUT2D eigenvalue weighted by atomic mass is 10.1. The predicted molar refractivity (Wildman–Crippen MR) is 78.6 cm³/mol. The van der Waals surface area contributed by atoms with Gasteiger partial charge in [-0.3, -0.25) is 19.6 Å². The van der Waals surface area contributed by atoms with Gasteiger partial charge < -0.3 is 5.32 Å². The molecule has 1 aromatic heterocycles. The molecular formula is C14H11F5N4O3. The first-order chi connectivity index (χ1) is 12.0. The maximum absolute atomic E-state index is 12.9. The lowest BCUT2D eigenvalue weighted by Crippen LogP contribution is -2.22. The SMILES string of the molecule is Cc1c([N+](=O)[O-])c(C(F)F)nn1CC(=O)Nc1ccccc1C(F)(F)F. The van der Waals surface area contributed by atoms with E-state index in [0.29, 0.717) is 4.68 Å². The summed E-state index contributed by atoms with van der Waals surface area (Å²) >= 11 is 0. The zero-order valence-corrected chi connectivity index (χ0v) is 13.1. The maximum atomic E-state index is 12.9. The van der Waals surface area contributed by atoms with Gasteiger partial charge >= 0.3 is 11.9 Å². The number of anilines is 1. The molecule has 1 aromatic carbocycles. The largest absolute Gasteiger partial charge is 0.418 e. The minimum Gasteiger partial charge on any atom is -0.324 e. The van der Waals surface area contributed by atoms with Gasteiger partial charge in [0, 0.05) is 0 Å². The fraction of sp³-hybridized carbons (Fsp3) is 0.286. The number of hydrogen-bond acceptors (Lipinski definition) is 4. The normalized spacial score (nSPS) is 11.7. The molecule has 1 heterocycles. The van der Waals surface area contributed by atoms with Crippen molar-refractivity contribution in [2.75, 3.05) is 5.32 Å². The summed E-state index contributed by atoms with van der Waals surface area (Å²) in [6.07, 6.45) is -7.96. The number of aromatic nitrogens is 2. The van der Waals surface area contributed by atoms with Gasteiger partial charge in [0.15, 0.2) is 0 Å². The van der Waals surface area contributed by atoms with Crippen LogP contribution in [0.1, 0.15) is 23.4 Å². The molecule has 2 rings (SSSR count). The number of rotatable bonds is 5. The Hall–Kier alpha value is -3.05. The number of alkyl halides is 5. The van der Waals surface area contributed by atoms with Crippen molar-refractivity contribution >= 4 is 17.3 Å². The third kappa shape index (κ3) is 3.95. The second kappa shape index (κ2) is 7.06. The van der Waals surface area contributed by atoms with Crippen molar-refractivity contribution in [3.63, 3.8) is 0 Å². The van der Waals surface area contributed by atoms with Gasteiger partial charge in [0.2, 0.25) is 11.6 Å². The van der Waals surface area contributed by atoms with Gasteiger partial charge in [-0.15, -0.1) is 0 Å². The average molecular weight is 378 g/mol. The molecule has 0 unspecified atom stereocenters. The van der Waals surface area contributed by atoms with Gasteiger partial charge in [0.05, 0.1) is 16.2 Å². The molecule has 0 saturated carbocycles. The van der Waals surface area contributed by atoms with Crippen LogP contribution in [0, 0.1) is 17.0 Å². The highest BCUT2D eigenvalue weighted by molar-refractivity contribution is 5.91. The molecule has 0 saturated heterocycles. The van der Waals surface area contributed by atoms with Crippen molar-refractivity contribution in [3.8, 4) is 0 Å². The van der Waals surface area contributed by atoms with Crippen LogP contribution in [0.25, 0.3) is 0 Å². The van der Waals surface area contributed by atoms with Crippen LogP contribution in [0.3, 0.4) is 0 Å². The molecule has 0 bridgehead atoms. The highest BCUT2D eigenvalue weighted by atomic mass is 19.4. The molecule has 0 aliphatic heterocycles. The highest BCUT2D eigenvalue weighted by Crippen LogP contribution is 2.35. The molecule has 0 radical (unpaired) electrons. The molecule has 26 heavy (non-hydrogen) atoms. The lowest BCUT2D eigenvalue weighted by molar-refractivity contribution is -0.386. The van der Waals surface area contributed by atoms with Gasteiger partial charge in [-0.25, -0.2) is 8.78 Å². The van der Waals surface area contributed by atoms with Crippen LogP contribution < -0.4 is 5.32 Å². The average Bonchev–Trinajstić information content (AvgIpc) is 2.84. The summed E-state index contributed by atoms with van der Waals surface area (Å²) in [6.45, 7) is 0.333. The molecule has 0 aliphatic rings. The van der Waals surface area contributed by atoms with Crippen LogP contribution in [0.4, 0.5) is 33.3 Å². The first kappa shape index (κ1) is 19.3. The van der Waals surface area contributed by atoms with E-state index in [-0.39, 0.29) is 5.69 Å². The number of nitrogens with zero attached hydrogens (tertiary/aromatic N) is 3. The Bertz CT molecular complexity index is 848. The number of amides is 1. The summed E-state index contributed by atoms with van der Waals surface area (Å²) in [5.41, 5.74) is -3.99. The van der Waals surface area contributed by atoms with E-state index < -0.39 is 52.6 Å². The van der Waals surface area contributed by atoms with Crippen LogP contribution in [0.2, 0.25) is 0 Å². The monoisotopic (exact) mass is 378 g/mol. The Morgan fingerprint density at radius 3 is 2.46 bits per heavy atom. The summed E-state index contributed by atoms with van der Waals surface area (Å²) in [7, 11) is 0. The summed E-state index contributed by atoms with van der Waals surface area (Å²) in [4.78, 5) is 21.8. The van der Waals surface area contributed by atoms with Gasteiger partial charge in [-0.05, 0) is 19.1 Å².